The fraction of sp³-hybridized carbons (Fsp3) is 0.368. The van der Waals surface area contributed by atoms with Gasteiger partial charge in [-0.1, -0.05) is 5.11 Å². The zero-order valence-corrected chi connectivity index (χ0v) is 18.8. The van der Waals surface area contributed by atoms with Crippen LogP contribution in [0.1, 0.15) is 31.1 Å². The minimum Gasteiger partial charge on any atom is -0.497 e. The third-order valence-corrected chi connectivity index (χ3v) is 5.72. The lowest BCUT2D eigenvalue weighted by atomic mass is 10.2. The molecule has 0 radical (unpaired) electrons. The van der Waals surface area contributed by atoms with E-state index < -0.39 is 0 Å². The van der Waals surface area contributed by atoms with Gasteiger partial charge in [0.15, 0.2) is 0 Å². The quantitative estimate of drug-likeness (QED) is 0.199. The van der Waals surface area contributed by atoms with Crippen LogP contribution in [0.15, 0.2) is 29.6 Å². The fourth-order valence-corrected chi connectivity index (χ4v) is 4.18. The lowest BCUT2D eigenvalue weighted by Crippen LogP contribution is -2.07. The monoisotopic (exact) mass is 507 g/mol. The van der Waals surface area contributed by atoms with Gasteiger partial charge >= 0.3 is 0 Å². The highest BCUT2D eigenvalue weighted by Crippen LogP contribution is 2.34. The average molecular weight is 507 g/mol. The lowest BCUT2D eigenvalue weighted by molar-refractivity contribution is 0.391. The van der Waals surface area contributed by atoms with E-state index in [0.717, 1.165) is 43.2 Å². The van der Waals surface area contributed by atoms with Crippen LogP contribution in [0.4, 0.5) is 5.82 Å². The molecule has 0 saturated heterocycles. The number of nitrogens with zero attached hydrogens (tertiary/aromatic N) is 6. The van der Waals surface area contributed by atoms with E-state index in [4.69, 9.17) is 15.0 Å². The van der Waals surface area contributed by atoms with Gasteiger partial charge in [0.2, 0.25) is 0 Å². The largest absolute Gasteiger partial charge is 0.497 e. The van der Waals surface area contributed by atoms with Crippen molar-refractivity contribution in [1.82, 2.24) is 14.5 Å². The van der Waals surface area contributed by atoms with E-state index in [2.05, 4.69) is 66.3 Å². The lowest BCUT2D eigenvalue weighted by Gasteiger charge is -2.13. The van der Waals surface area contributed by atoms with E-state index in [1.807, 2.05) is 18.2 Å². The number of fused-ring (bicyclic) bond motifs is 1. The molecule has 3 rings (SSSR count). The summed E-state index contributed by atoms with van der Waals surface area (Å²) in [6.45, 7) is 4.93. The maximum atomic E-state index is 8.76. The van der Waals surface area contributed by atoms with Gasteiger partial charge < -0.3 is 19.4 Å². The second kappa shape index (κ2) is 9.19. The number of benzene rings is 1. The molecule has 10 heteroatoms. The predicted octanol–water partition coefficient (Wildman–Crippen LogP) is 5.06. The first-order valence-electron chi connectivity index (χ1n) is 9.00. The van der Waals surface area contributed by atoms with Crippen LogP contribution in [0.5, 0.6) is 11.5 Å². The maximum Gasteiger partial charge on any atom is 0.147 e. The first kappa shape index (κ1) is 21.0. The summed E-state index contributed by atoms with van der Waals surface area (Å²) in [6, 6.07) is 5.87. The van der Waals surface area contributed by atoms with Crippen LogP contribution in [0.2, 0.25) is 0 Å². The van der Waals surface area contributed by atoms with Crippen LogP contribution in [-0.4, -0.2) is 28.8 Å². The Bertz CT molecular complexity index is 1070. The van der Waals surface area contributed by atoms with E-state index in [9.17, 15) is 0 Å². The van der Waals surface area contributed by atoms with Crippen molar-refractivity contribution in [3.05, 3.63) is 49.8 Å². The first-order valence-corrected chi connectivity index (χ1v) is 10.1. The van der Waals surface area contributed by atoms with Gasteiger partial charge in [0.05, 0.1) is 26.2 Å². The van der Waals surface area contributed by atoms with E-state index in [1.165, 1.54) is 0 Å². The Hall–Kier alpha value is -2.72. The molecule has 0 fully saturated rings. The van der Waals surface area contributed by atoms with E-state index in [-0.39, 0.29) is 12.6 Å². The third-order valence-electron chi connectivity index (χ3n) is 4.56. The number of azide groups is 1. The molecule has 0 aliphatic carbocycles. The zero-order valence-electron chi connectivity index (χ0n) is 16.7. The Morgan fingerprint density at radius 3 is 2.72 bits per heavy atom. The molecule has 0 bridgehead atoms. The van der Waals surface area contributed by atoms with Crippen molar-refractivity contribution in [3.8, 4) is 11.5 Å². The Balaban J connectivity index is 2.02. The van der Waals surface area contributed by atoms with Gasteiger partial charge in [-0.05, 0) is 54.1 Å². The van der Waals surface area contributed by atoms with Gasteiger partial charge in [-0.3, -0.25) is 0 Å². The van der Waals surface area contributed by atoms with Crippen molar-refractivity contribution in [1.29, 1.82) is 0 Å². The van der Waals surface area contributed by atoms with Crippen molar-refractivity contribution in [2.24, 2.45) is 5.11 Å². The van der Waals surface area contributed by atoms with Crippen LogP contribution < -0.4 is 14.8 Å². The van der Waals surface area contributed by atoms with Gasteiger partial charge in [-0.2, -0.15) is 0 Å². The predicted molar refractivity (Wildman–Crippen MR) is 120 cm³/mol. The van der Waals surface area contributed by atoms with E-state index in [1.54, 1.807) is 20.5 Å². The molecule has 0 aliphatic rings. The summed E-state index contributed by atoms with van der Waals surface area (Å²) in [5.41, 5.74) is 11.5. The average Bonchev–Trinajstić information content (AvgIpc) is 3.02. The molecule has 0 atom stereocenters. The van der Waals surface area contributed by atoms with Crippen LogP contribution in [-0.2, 0) is 13.1 Å². The van der Waals surface area contributed by atoms with Crippen molar-refractivity contribution in [3.63, 3.8) is 0 Å². The SMILES string of the molecule is COc1ccc(CNc2ncnc3c2c(I)c(CN=[N+]=[N-])n3C(C)C)c(OC)c1. The summed E-state index contributed by atoms with van der Waals surface area (Å²) < 4.78 is 13.8. The van der Waals surface area contributed by atoms with Crippen molar-refractivity contribution < 1.29 is 9.47 Å². The van der Waals surface area contributed by atoms with Gasteiger partial charge in [0, 0.05) is 38.4 Å². The number of hydrogen-bond donors (Lipinski definition) is 1. The van der Waals surface area contributed by atoms with E-state index in [0.29, 0.717) is 6.54 Å². The molecule has 2 aromatic heterocycles. The topological polar surface area (TPSA) is 110 Å². The number of nitrogens with one attached hydrogen (secondary N) is 1. The Morgan fingerprint density at radius 2 is 2.07 bits per heavy atom. The van der Waals surface area contributed by atoms with Crippen LogP contribution in [0.3, 0.4) is 0 Å². The van der Waals surface area contributed by atoms with Crippen molar-refractivity contribution >= 4 is 39.4 Å². The fourth-order valence-electron chi connectivity index (χ4n) is 3.25. The van der Waals surface area contributed by atoms with Crippen LogP contribution in [0, 0.1) is 3.57 Å². The number of aromatic nitrogens is 3. The molecule has 29 heavy (non-hydrogen) atoms. The minimum absolute atomic E-state index is 0.161. The molecule has 0 amide bonds. The normalized spacial score (nSPS) is 10.8. The standard InChI is InChI=1S/C19H22IN7O2/c1-11(2)27-14(9-25-26-21)17(20)16-18(23-10-24-19(16)27)22-8-12-5-6-13(28-3)7-15(12)29-4/h5-7,10-11H,8-9H2,1-4H3,(H,22,23,24). The second-order valence-electron chi connectivity index (χ2n) is 6.57. The molecule has 3 aromatic rings. The molecule has 0 spiro atoms. The highest BCUT2D eigenvalue weighted by atomic mass is 127. The summed E-state index contributed by atoms with van der Waals surface area (Å²) in [6.07, 6.45) is 1.54. The zero-order chi connectivity index (χ0) is 21.0. The van der Waals surface area contributed by atoms with Crippen LogP contribution in [0.25, 0.3) is 21.5 Å². The minimum atomic E-state index is 0.161. The first-order chi connectivity index (χ1) is 14.0. The summed E-state index contributed by atoms with van der Waals surface area (Å²) in [5.74, 6) is 2.20. The van der Waals surface area contributed by atoms with Crippen molar-refractivity contribution in [2.75, 3.05) is 19.5 Å². The molecular formula is C19H22IN7O2. The molecule has 2 heterocycles. The van der Waals surface area contributed by atoms with E-state index >= 15 is 0 Å². The summed E-state index contributed by atoms with van der Waals surface area (Å²) in [4.78, 5) is 11.9. The molecular weight excluding hydrogens is 485 g/mol. The molecule has 0 saturated carbocycles. The highest BCUT2D eigenvalue weighted by Gasteiger charge is 2.21. The summed E-state index contributed by atoms with van der Waals surface area (Å²) >= 11 is 2.27. The number of halogens is 1. The molecule has 1 aromatic carbocycles. The van der Waals surface area contributed by atoms with Gasteiger partial charge in [-0.25, -0.2) is 9.97 Å². The van der Waals surface area contributed by atoms with Crippen LogP contribution >= 0.6 is 22.6 Å². The molecule has 9 nitrogen and oxygen atoms in total. The second-order valence-corrected chi connectivity index (χ2v) is 7.64. The van der Waals surface area contributed by atoms with Gasteiger partial charge in [-0.15, -0.1) is 0 Å². The molecule has 152 valence electrons. The van der Waals surface area contributed by atoms with Crippen molar-refractivity contribution in [2.45, 2.75) is 33.0 Å². The molecule has 1 N–H and O–H groups in total. The Morgan fingerprint density at radius 1 is 1.28 bits per heavy atom. The Kier molecular flexibility index (Phi) is 6.65. The van der Waals surface area contributed by atoms with Gasteiger partial charge in [0.25, 0.3) is 0 Å². The maximum absolute atomic E-state index is 8.76. The Labute approximate surface area is 182 Å². The smallest absolute Gasteiger partial charge is 0.147 e. The number of anilines is 1. The summed E-state index contributed by atoms with van der Waals surface area (Å²) in [5, 5.41) is 8.07. The molecule has 0 aliphatic heterocycles. The molecule has 0 unspecified atom stereocenters. The number of methoxy groups -OCH3 is 2. The van der Waals surface area contributed by atoms with Gasteiger partial charge in [0.1, 0.15) is 29.3 Å². The number of ether oxygens (including phenoxy) is 2. The summed E-state index contributed by atoms with van der Waals surface area (Å²) in [7, 11) is 3.26. The highest BCUT2D eigenvalue weighted by molar-refractivity contribution is 14.1. The number of rotatable bonds is 8. The number of hydrogen-bond acceptors (Lipinski definition) is 6. The third kappa shape index (κ3) is 4.18.